The number of pyridine rings is 1. The molecule has 20 heavy (non-hydrogen) atoms. The van der Waals surface area contributed by atoms with E-state index in [0.717, 1.165) is 18.3 Å². The molecule has 0 aliphatic heterocycles. The molecule has 6 nitrogen and oxygen atoms in total. The van der Waals surface area contributed by atoms with Crippen LogP contribution in [0.15, 0.2) is 23.4 Å². The number of sulfonamides is 1. The van der Waals surface area contributed by atoms with Crippen LogP contribution in [0.5, 0.6) is 0 Å². The summed E-state index contributed by atoms with van der Waals surface area (Å²) in [6.07, 6.45) is -4.57. The van der Waals surface area contributed by atoms with Gasteiger partial charge in [-0.1, -0.05) is 0 Å². The number of hydrogen-bond acceptors (Lipinski definition) is 4. The standard InChI is InChI=1S/C10H9F3N2O4S/c11-10(12,13)9(3-4-9)15-20(18,19)7-2-1-6(5-14-7)8(16)17/h1-2,5,15H,3-4H2,(H,16,17). The topological polar surface area (TPSA) is 96.4 Å². The van der Waals surface area contributed by atoms with Gasteiger partial charge >= 0.3 is 12.1 Å². The quantitative estimate of drug-likeness (QED) is 0.869. The molecule has 0 bridgehead atoms. The van der Waals surface area contributed by atoms with Gasteiger partial charge in [-0.25, -0.2) is 18.2 Å². The van der Waals surface area contributed by atoms with Crippen molar-refractivity contribution in [2.24, 2.45) is 0 Å². The van der Waals surface area contributed by atoms with Crippen LogP contribution in [0.3, 0.4) is 0 Å². The van der Waals surface area contributed by atoms with E-state index in [1.807, 2.05) is 0 Å². The summed E-state index contributed by atoms with van der Waals surface area (Å²) in [4.78, 5) is 13.9. The predicted octanol–water partition coefficient (Wildman–Crippen LogP) is 1.15. The smallest absolute Gasteiger partial charge is 0.407 e. The number of halogens is 3. The number of carbonyl (C=O) groups is 1. The monoisotopic (exact) mass is 310 g/mol. The zero-order valence-electron chi connectivity index (χ0n) is 9.81. The highest BCUT2D eigenvalue weighted by molar-refractivity contribution is 7.89. The van der Waals surface area contributed by atoms with Crippen LogP contribution < -0.4 is 4.72 Å². The van der Waals surface area contributed by atoms with Crippen LogP contribution in [0.25, 0.3) is 0 Å². The second-order valence-electron chi connectivity index (χ2n) is 4.38. The summed E-state index contributed by atoms with van der Waals surface area (Å²) in [5.41, 5.74) is -2.69. The van der Waals surface area contributed by atoms with Crippen molar-refractivity contribution < 1.29 is 31.5 Å². The van der Waals surface area contributed by atoms with E-state index in [4.69, 9.17) is 5.11 Å². The van der Waals surface area contributed by atoms with Crippen molar-refractivity contribution in [2.45, 2.75) is 29.6 Å². The van der Waals surface area contributed by atoms with Crippen molar-refractivity contribution >= 4 is 16.0 Å². The lowest BCUT2D eigenvalue weighted by atomic mass is 10.3. The molecule has 0 radical (unpaired) electrons. The van der Waals surface area contributed by atoms with Crippen LogP contribution in [0.1, 0.15) is 23.2 Å². The first-order valence-corrected chi connectivity index (χ1v) is 6.86. The third-order valence-corrected chi connectivity index (χ3v) is 4.33. The highest BCUT2D eigenvalue weighted by Gasteiger charge is 2.65. The summed E-state index contributed by atoms with van der Waals surface area (Å²) in [5.74, 6) is -1.32. The maximum Gasteiger partial charge on any atom is 0.407 e. The number of nitrogens with zero attached hydrogens (tertiary/aromatic N) is 1. The molecule has 2 N–H and O–H groups in total. The molecule has 0 spiro atoms. The summed E-state index contributed by atoms with van der Waals surface area (Å²) in [6.45, 7) is 0. The minimum atomic E-state index is -4.68. The number of carboxylic acid groups (broad SMARTS) is 1. The largest absolute Gasteiger partial charge is 0.478 e. The van der Waals surface area contributed by atoms with Crippen molar-refractivity contribution in [2.75, 3.05) is 0 Å². The van der Waals surface area contributed by atoms with Gasteiger partial charge in [0.1, 0.15) is 5.54 Å². The van der Waals surface area contributed by atoms with Gasteiger partial charge in [-0.3, -0.25) is 0 Å². The van der Waals surface area contributed by atoms with E-state index in [0.29, 0.717) is 0 Å². The fourth-order valence-corrected chi connectivity index (χ4v) is 2.92. The van der Waals surface area contributed by atoms with Gasteiger partial charge in [0, 0.05) is 6.20 Å². The van der Waals surface area contributed by atoms with Crippen molar-refractivity contribution in [3.63, 3.8) is 0 Å². The van der Waals surface area contributed by atoms with E-state index in [1.54, 1.807) is 4.72 Å². The van der Waals surface area contributed by atoms with Gasteiger partial charge in [0.2, 0.25) is 0 Å². The number of carboxylic acids is 1. The predicted molar refractivity (Wildman–Crippen MR) is 59.5 cm³/mol. The van der Waals surface area contributed by atoms with Gasteiger partial charge < -0.3 is 5.11 Å². The van der Waals surface area contributed by atoms with E-state index >= 15 is 0 Å². The van der Waals surface area contributed by atoms with Crippen molar-refractivity contribution in [1.29, 1.82) is 0 Å². The molecule has 110 valence electrons. The number of alkyl halides is 3. The molecular formula is C10H9F3N2O4S. The Hall–Kier alpha value is -1.68. The summed E-state index contributed by atoms with van der Waals surface area (Å²) in [6, 6.07) is 1.80. The maximum atomic E-state index is 12.7. The average Bonchev–Trinajstić information content (AvgIpc) is 3.09. The Kier molecular flexibility index (Phi) is 3.25. The SMILES string of the molecule is O=C(O)c1ccc(S(=O)(=O)NC2(C(F)(F)F)CC2)nc1. The Bertz CT molecular complexity index is 635. The van der Waals surface area contributed by atoms with Gasteiger partial charge in [0.15, 0.2) is 5.03 Å². The van der Waals surface area contributed by atoms with Gasteiger partial charge in [0.25, 0.3) is 10.0 Å². The molecule has 1 saturated carbocycles. The van der Waals surface area contributed by atoms with Crippen molar-refractivity contribution in [3.8, 4) is 0 Å². The molecule has 0 atom stereocenters. The van der Waals surface area contributed by atoms with Gasteiger partial charge in [-0.2, -0.15) is 17.9 Å². The fourth-order valence-electron chi connectivity index (χ4n) is 1.54. The number of hydrogen-bond donors (Lipinski definition) is 2. The first-order chi connectivity index (χ1) is 9.07. The Labute approximate surface area is 111 Å². The van der Waals surface area contributed by atoms with Crippen LogP contribution in [-0.2, 0) is 10.0 Å². The molecule has 0 amide bonds. The summed E-state index contributed by atoms with van der Waals surface area (Å²) in [5, 5.41) is 7.97. The summed E-state index contributed by atoms with van der Waals surface area (Å²) >= 11 is 0. The molecule has 0 aromatic carbocycles. The van der Waals surface area contributed by atoms with E-state index in [-0.39, 0.29) is 18.4 Å². The molecule has 1 aromatic heterocycles. The first kappa shape index (κ1) is 14.7. The zero-order chi connectivity index (χ0) is 15.2. The van der Waals surface area contributed by atoms with Gasteiger partial charge in [0.05, 0.1) is 5.56 Å². The van der Waals surface area contributed by atoms with E-state index in [2.05, 4.69) is 4.98 Å². The van der Waals surface area contributed by atoms with Crippen LogP contribution in [0.2, 0.25) is 0 Å². The fraction of sp³-hybridized carbons (Fsp3) is 0.400. The van der Waals surface area contributed by atoms with Crippen LogP contribution in [0, 0.1) is 0 Å². The van der Waals surface area contributed by atoms with Gasteiger partial charge in [-0.15, -0.1) is 0 Å². The molecule has 0 saturated heterocycles. The molecule has 1 aliphatic carbocycles. The van der Waals surface area contributed by atoms with Gasteiger partial charge in [-0.05, 0) is 25.0 Å². The molecule has 10 heteroatoms. The zero-order valence-corrected chi connectivity index (χ0v) is 10.6. The van der Waals surface area contributed by atoms with Crippen LogP contribution >= 0.6 is 0 Å². The number of nitrogens with one attached hydrogen (secondary N) is 1. The maximum absolute atomic E-state index is 12.7. The first-order valence-electron chi connectivity index (χ1n) is 5.37. The normalized spacial score (nSPS) is 17.8. The minimum absolute atomic E-state index is 0.263. The number of aromatic carboxylic acids is 1. The second-order valence-corrected chi connectivity index (χ2v) is 6.00. The highest BCUT2D eigenvalue weighted by atomic mass is 32.2. The molecule has 1 heterocycles. The Morgan fingerprint density at radius 2 is 1.95 bits per heavy atom. The lowest BCUT2D eigenvalue weighted by Gasteiger charge is -2.20. The third kappa shape index (κ3) is 2.61. The molecule has 0 unspecified atom stereocenters. The second kappa shape index (κ2) is 4.42. The lowest BCUT2D eigenvalue weighted by molar-refractivity contribution is -0.160. The number of rotatable bonds is 4. The van der Waals surface area contributed by atoms with Crippen molar-refractivity contribution in [1.82, 2.24) is 9.71 Å². The molecule has 2 rings (SSSR count). The van der Waals surface area contributed by atoms with E-state index < -0.39 is 32.7 Å². The van der Waals surface area contributed by atoms with E-state index in [9.17, 15) is 26.4 Å². The van der Waals surface area contributed by atoms with E-state index in [1.165, 1.54) is 0 Å². The Morgan fingerprint density at radius 3 is 2.30 bits per heavy atom. The number of aromatic nitrogens is 1. The Morgan fingerprint density at radius 1 is 1.35 bits per heavy atom. The molecule has 1 fully saturated rings. The highest BCUT2D eigenvalue weighted by Crippen LogP contribution is 2.49. The van der Waals surface area contributed by atoms with Crippen LogP contribution in [0.4, 0.5) is 13.2 Å². The molecule has 1 aliphatic rings. The summed E-state index contributed by atoms with van der Waals surface area (Å²) in [7, 11) is -4.46. The molecule has 1 aromatic rings. The minimum Gasteiger partial charge on any atom is -0.478 e. The third-order valence-electron chi connectivity index (χ3n) is 2.88. The van der Waals surface area contributed by atoms with Crippen molar-refractivity contribution in [3.05, 3.63) is 23.9 Å². The average molecular weight is 310 g/mol. The summed E-state index contributed by atoms with van der Waals surface area (Å²) < 4.78 is 63.2. The molecular weight excluding hydrogens is 301 g/mol. The Balaban J connectivity index is 2.26. The van der Waals surface area contributed by atoms with Crippen LogP contribution in [-0.4, -0.2) is 36.2 Å². The lowest BCUT2D eigenvalue weighted by Crippen LogP contribution is -2.47.